The van der Waals surface area contributed by atoms with Crippen LogP contribution in [0.5, 0.6) is 0 Å². The predicted molar refractivity (Wildman–Crippen MR) is 69.4 cm³/mol. The molecule has 2 fully saturated rings. The van der Waals surface area contributed by atoms with Gasteiger partial charge in [0.05, 0.1) is 12.5 Å². The zero-order valence-corrected chi connectivity index (χ0v) is 11.1. The molecule has 2 N–H and O–H groups in total. The van der Waals surface area contributed by atoms with Gasteiger partial charge < -0.3 is 15.4 Å². The van der Waals surface area contributed by atoms with Gasteiger partial charge in [-0.15, -0.1) is 12.4 Å². The van der Waals surface area contributed by atoms with E-state index in [1.165, 1.54) is 12.8 Å². The second-order valence-corrected chi connectivity index (χ2v) is 4.85. The largest absolute Gasteiger partial charge is 0.381 e. The van der Waals surface area contributed by atoms with Gasteiger partial charge in [0.1, 0.15) is 0 Å². The third-order valence-electron chi connectivity index (χ3n) is 3.55. The molecule has 17 heavy (non-hydrogen) atoms. The van der Waals surface area contributed by atoms with E-state index in [1.807, 2.05) is 0 Å². The zero-order chi connectivity index (χ0) is 11.2. The summed E-state index contributed by atoms with van der Waals surface area (Å²) in [5.41, 5.74) is 0. The van der Waals surface area contributed by atoms with Gasteiger partial charge in [0.15, 0.2) is 0 Å². The Hall–Kier alpha value is -0.320. The Morgan fingerprint density at radius 3 is 2.94 bits per heavy atom. The van der Waals surface area contributed by atoms with Crippen molar-refractivity contribution in [2.24, 2.45) is 11.8 Å². The predicted octanol–water partition coefficient (Wildman–Crippen LogP) is 0.951. The minimum absolute atomic E-state index is 0. The fourth-order valence-corrected chi connectivity index (χ4v) is 2.46. The Labute approximate surface area is 109 Å². The van der Waals surface area contributed by atoms with Crippen molar-refractivity contribution in [2.45, 2.75) is 25.7 Å². The highest BCUT2D eigenvalue weighted by molar-refractivity contribution is 5.85. The summed E-state index contributed by atoms with van der Waals surface area (Å²) in [6.45, 7) is 4.44. The first-order valence-electron chi connectivity index (χ1n) is 6.42. The molecule has 2 rings (SSSR count). The lowest BCUT2D eigenvalue weighted by Gasteiger charge is -2.22. The maximum Gasteiger partial charge on any atom is 0.225 e. The molecule has 2 unspecified atom stereocenters. The van der Waals surface area contributed by atoms with Crippen LogP contribution in [0.3, 0.4) is 0 Å². The Morgan fingerprint density at radius 1 is 1.41 bits per heavy atom. The fraction of sp³-hybridized carbons (Fsp3) is 0.917. The molecular weight excluding hydrogens is 240 g/mol. The van der Waals surface area contributed by atoms with Crippen LogP contribution in [0.2, 0.25) is 0 Å². The van der Waals surface area contributed by atoms with E-state index >= 15 is 0 Å². The number of hydrogen-bond donors (Lipinski definition) is 2. The highest BCUT2D eigenvalue weighted by Gasteiger charge is 2.23. The Bertz CT molecular complexity index is 227. The lowest BCUT2D eigenvalue weighted by molar-refractivity contribution is -0.124. The van der Waals surface area contributed by atoms with E-state index in [9.17, 15) is 4.79 Å². The van der Waals surface area contributed by atoms with Gasteiger partial charge in [0.25, 0.3) is 0 Å². The number of carbonyl (C=O) groups is 1. The fourth-order valence-electron chi connectivity index (χ4n) is 2.46. The van der Waals surface area contributed by atoms with E-state index in [0.717, 1.165) is 45.0 Å². The smallest absolute Gasteiger partial charge is 0.225 e. The second kappa shape index (κ2) is 7.90. The molecule has 2 aliphatic rings. The average Bonchev–Trinajstić information content (AvgIpc) is 2.84. The number of hydrogen-bond acceptors (Lipinski definition) is 3. The van der Waals surface area contributed by atoms with Crippen LogP contribution in [-0.2, 0) is 9.53 Å². The van der Waals surface area contributed by atoms with Gasteiger partial charge in [-0.2, -0.15) is 0 Å². The van der Waals surface area contributed by atoms with Gasteiger partial charge in [-0.1, -0.05) is 0 Å². The minimum Gasteiger partial charge on any atom is -0.381 e. The van der Waals surface area contributed by atoms with Crippen molar-refractivity contribution in [3.63, 3.8) is 0 Å². The Morgan fingerprint density at radius 2 is 2.29 bits per heavy atom. The van der Waals surface area contributed by atoms with Gasteiger partial charge in [-0.25, -0.2) is 0 Å². The number of rotatable bonds is 4. The maximum absolute atomic E-state index is 11.7. The van der Waals surface area contributed by atoms with Crippen molar-refractivity contribution in [1.29, 1.82) is 0 Å². The van der Waals surface area contributed by atoms with E-state index in [2.05, 4.69) is 10.6 Å². The van der Waals surface area contributed by atoms with Crippen LogP contribution in [0.4, 0.5) is 0 Å². The van der Waals surface area contributed by atoms with Crippen LogP contribution in [0.25, 0.3) is 0 Å². The molecule has 1 amide bonds. The van der Waals surface area contributed by atoms with Crippen LogP contribution in [-0.4, -0.2) is 38.8 Å². The molecule has 0 saturated carbocycles. The van der Waals surface area contributed by atoms with Crippen molar-refractivity contribution >= 4 is 18.3 Å². The summed E-state index contributed by atoms with van der Waals surface area (Å²) in [6.07, 6.45) is 4.56. The van der Waals surface area contributed by atoms with Gasteiger partial charge in [0.2, 0.25) is 5.91 Å². The summed E-state index contributed by atoms with van der Waals surface area (Å²) in [7, 11) is 0. The van der Waals surface area contributed by atoms with Gasteiger partial charge in [-0.3, -0.25) is 4.79 Å². The van der Waals surface area contributed by atoms with Gasteiger partial charge in [-0.05, 0) is 44.7 Å². The van der Waals surface area contributed by atoms with Crippen LogP contribution >= 0.6 is 12.4 Å². The maximum atomic E-state index is 11.7. The molecule has 0 aromatic rings. The zero-order valence-electron chi connectivity index (χ0n) is 10.2. The highest BCUT2D eigenvalue weighted by Crippen LogP contribution is 2.14. The summed E-state index contributed by atoms with van der Waals surface area (Å²) in [5.74, 6) is 1.03. The van der Waals surface area contributed by atoms with Crippen LogP contribution in [0.15, 0.2) is 0 Å². The van der Waals surface area contributed by atoms with E-state index < -0.39 is 0 Å². The monoisotopic (exact) mass is 262 g/mol. The molecule has 0 aromatic heterocycles. The van der Waals surface area contributed by atoms with Crippen molar-refractivity contribution in [3.05, 3.63) is 0 Å². The normalized spacial score (nSPS) is 28.5. The molecule has 4 nitrogen and oxygen atoms in total. The van der Waals surface area contributed by atoms with E-state index in [-0.39, 0.29) is 24.2 Å². The summed E-state index contributed by atoms with van der Waals surface area (Å²) in [4.78, 5) is 11.7. The lowest BCUT2D eigenvalue weighted by Crippen LogP contribution is -2.35. The summed E-state index contributed by atoms with van der Waals surface area (Å²) in [5, 5.41) is 6.42. The Balaban J connectivity index is 0.00000144. The molecule has 0 spiro atoms. The SMILES string of the molecule is Cl.O=C(NCCC1CCCNC1)C1CCOC1. The van der Waals surface area contributed by atoms with Gasteiger partial charge >= 0.3 is 0 Å². The van der Waals surface area contributed by atoms with Crippen molar-refractivity contribution in [2.75, 3.05) is 32.8 Å². The number of nitrogens with one attached hydrogen (secondary N) is 2. The van der Waals surface area contributed by atoms with Crippen LogP contribution in [0, 0.1) is 11.8 Å². The summed E-state index contributed by atoms with van der Waals surface area (Å²) >= 11 is 0. The molecule has 5 heteroatoms. The van der Waals surface area contributed by atoms with E-state index in [0.29, 0.717) is 6.61 Å². The van der Waals surface area contributed by atoms with Crippen molar-refractivity contribution in [1.82, 2.24) is 10.6 Å². The third-order valence-corrected chi connectivity index (χ3v) is 3.55. The summed E-state index contributed by atoms with van der Waals surface area (Å²) in [6, 6.07) is 0. The van der Waals surface area contributed by atoms with E-state index in [1.54, 1.807) is 0 Å². The molecule has 2 heterocycles. The molecule has 2 aliphatic heterocycles. The minimum atomic E-state index is 0. The lowest BCUT2D eigenvalue weighted by atomic mass is 9.96. The number of amides is 1. The molecule has 100 valence electrons. The average molecular weight is 263 g/mol. The quantitative estimate of drug-likeness (QED) is 0.793. The molecule has 2 saturated heterocycles. The number of ether oxygens (including phenoxy) is 1. The molecule has 0 bridgehead atoms. The van der Waals surface area contributed by atoms with Crippen LogP contribution < -0.4 is 10.6 Å². The number of halogens is 1. The Kier molecular flexibility index (Phi) is 6.85. The molecule has 0 radical (unpaired) electrons. The standard InChI is InChI=1S/C12H22N2O2.ClH/c15-12(11-4-7-16-9-11)14-6-3-10-2-1-5-13-8-10;/h10-11,13H,1-9H2,(H,14,15);1H. The van der Waals surface area contributed by atoms with Gasteiger partial charge in [0, 0.05) is 13.2 Å². The third kappa shape index (κ3) is 4.82. The molecular formula is C12H23ClN2O2. The van der Waals surface area contributed by atoms with Crippen LogP contribution in [0.1, 0.15) is 25.7 Å². The molecule has 0 aliphatic carbocycles. The second-order valence-electron chi connectivity index (χ2n) is 4.85. The molecule has 0 aromatic carbocycles. The number of carbonyl (C=O) groups excluding carboxylic acids is 1. The molecule has 2 atom stereocenters. The first-order chi connectivity index (χ1) is 7.86. The first-order valence-corrected chi connectivity index (χ1v) is 6.42. The topological polar surface area (TPSA) is 50.4 Å². The summed E-state index contributed by atoms with van der Waals surface area (Å²) < 4.78 is 5.20. The highest BCUT2D eigenvalue weighted by atomic mass is 35.5. The number of piperidine rings is 1. The van der Waals surface area contributed by atoms with E-state index in [4.69, 9.17) is 4.74 Å². The van der Waals surface area contributed by atoms with Crippen molar-refractivity contribution in [3.8, 4) is 0 Å². The van der Waals surface area contributed by atoms with Crippen molar-refractivity contribution < 1.29 is 9.53 Å². The first kappa shape index (κ1) is 14.7.